The van der Waals surface area contributed by atoms with E-state index in [1.54, 1.807) is 24.4 Å². The largest absolute Gasteiger partial charge is 0.497 e. The number of rotatable bonds is 13. The van der Waals surface area contributed by atoms with E-state index in [9.17, 15) is 17.6 Å². The van der Waals surface area contributed by atoms with E-state index in [2.05, 4.69) is 11.8 Å². The van der Waals surface area contributed by atoms with Gasteiger partial charge in [-0.3, -0.25) is 0 Å². The average molecular weight is 657 g/mol. The normalized spacial score (nSPS) is 18.2. The van der Waals surface area contributed by atoms with Crippen LogP contribution in [-0.2, 0) is 26.1 Å². The van der Waals surface area contributed by atoms with Crippen LogP contribution in [0.3, 0.4) is 0 Å². The summed E-state index contributed by atoms with van der Waals surface area (Å²) in [6, 6.07) is 20.3. The number of carbonyl (C=O) groups is 1. The number of halogens is 1. The van der Waals surface area contributed by atoms with Crippen LogP contribution in [0.15, 0.2) is 88.6 Å². The molecule has 1 aliphatic rings. The highest BCUT2D eigenvalue weighted by Crippen LogP contribution is 2.47. The number of anilines is 2. The number of methoxy groups -OCH3 is 1. The van der Waals surface area contributed by atoms with E-state index in [0.29, 0.717) is 42.0 Å². The molecule has 3 aromatic rings. The van der Waals surface area contributed by atoms with E-state index in [0.717, 1.165) is 24.1 Å². The Balaban J connectivity index is 1.96. The molecule has 0 aromatic heterocycles. The Kier molecular flexibility index (Phi) is 11.6. The first-order valence-corrected chi connectivity index (χ1v) is 17.7. The van der Waals surface area contributed by atoms with Gasteiger partial charge in [0.05, 0.1) is 29.8 Å². The van der Waals surface area contributed by atoms with Crippen molar-refractivity contribution in [1.82, 2.24) is 4.31 Å². The van der Waals surface area contributed by atoms with E-state index in [-0.39, 0.29) is 23.8 Å². The molecule has 1 unspecified atom stereocenters. The maximum Gasteiger partial charge on any atom is 0.370 e. The second-order valence-corrected chi connectivity index (χ2v) is 13.4. The van der Waals surface area contributed by atoms with Crippen LogP contribution in [0.4, 0.5) is 15.8 Å². The number of nitrogens with zero attached hydrogens (tertiary/aromatic N) is 2. The number of thioether (sulfide) groups is 1. The Morgan fingerprint density at radius 2 is 1.78 bits per heavy atom. The zero-order valence-corrected chi connectivity index (χ0v) is 28.0. The van der Waals surface area contributed by atoms with E-state index in [1.807, 2.05) is 67.8 Å². The summed E-state index contributed by atoms with van der Waals surface area (Å²) in [6.07, 6.45) is 5.45. The second-order valence-electron chi connectivity index (χ2n) is 10.7. The number of carbonyl (C=O) groups excluding carboxylic acids is 1. The molecule has 0 spiro atoms. The molecule has 11 heteroatoms. The molecule has 242 valence electrons. The fourth-order valence-corrected chi connectivity index (χ4v) is 8.13. The van der Waals surface area contributed by atoms with Crippen molar-refractivity contribution < 1.29 is 31.8 Å². The molecule has 1 aliphatic heterocycles. The molecule has 0 bridgehead atoms. The van der Waals surface area contributed by atoms with Crippen LogP contribution >= 0.6 is 11.8 Å². The van der Waals surface area contributed by atoms with Gasteiger partial charge in [-0.1, -0.05) is 57.0 Å². The molecule has 0 fully saturated rings. The average Bonchev–Trinajstić information content (AvgIpc) is 3.13. The van der Waals surface area contributed by atoms with Gasteiger partial charge >= 0.3 is 5.97 Å². The maximum atomic E-state index is 15.0. The minimum atomic E-state index is -4.17. The number of fused-ring (bicyclic) bond motifs is 1. The fraction of sp³-hybridized carbons (Fsp3) is 0.382. The molecule has 0 radical (unpaired) electrons. The SMILES string of the molecule is CCCCC1(CC)CN(c2ccccc2)c2cc(SC)c(O/C=C(\F)C(=O)OCC)cc2S(=O)(=O)N1Cc1ccc(OC)cc1. The summed E-state index contributed by atoms with van der Waals surface area (Å²) in [7, 11) is -2.58. The Morgan fingerprint density at radius 1 is 1.07 bits per heavy atom. The number of hydrogen-bond acceptors (Lipinski definition) is 8. The third-order valence-electron chi connectivity index (χ3n) is 8.05. The van der Waals surface area contributed by atoms with Gasteiger partial charge in [0, 0.05) is 24.8 Å². The lowest BCUT2D eigenvalue weighted by molar-refractivity contribution is -0.140. The minimum absolute atomic E-state index is 0.00377. The standard InChI is InChI=1S/C34H41FN2O6S2/c1-6-9-19-34(7-2)24-36(26-13-11-10-12-14-26)29-20-31(44-5)30(43-23-28(35)33(38)42-8-3)21-32(29)45(39,40)37(34)22-25-15-17-27(41-4)18-16-25/h10-18,20-21,23H,6-9,19,22,24H2,1-5H3/b28-23-. The predicted octanol–water partition coefficient (Wildman–Crippen LogP) is 7.85. The summed E-state index contributed by atoms with van der Waals surface area (Å²) in [4.78, 5) is 14.6. The van der Waals surface area contributed by atoms with E-state index in [4.69, 9.17) is 14.2 Å². The number of esters is 1. The van der Waals surface area contributed by atoms with Crippen LogP contribution in [0.25, 0.3) is 0 Å². The maximum absolute atomic E-state index is 15.0. The smallest absolute Gasteiger partial charge is 0.370 e. The van der Waals surface area contributed by atoms with Gasteiger partial charge in [-0.05, 0) is 61.9 Å². The van der Waals surface area contributed by atoms with Crippen molar-refractivity contribution in [2.45, 2.75) is 68.3 Å². The molecule has 45 heavy (non-hydrogen) atoms. The van der Waals surface area contributed by atoms with Crippen molar-refractivity contribution in [3.8, 4) is 11.5 Å². The lowest BCUT2D eigenvalue weighted by atomic mass is 9.88. The van der Waals surface area contributed by atoms with Crippen molar-refractivity contribution in [2.24, 2.45) is 0 Å². The summed E-state index contributed by atoms with van der Waals surface area (Å²) in [6.45, 7) is 6.27. The molecule has 1 atom stereocenters. The van der Waals surface area contributed by atoms with Gasteiger partial charge in [0.2, 0.25) is 15.9 Å². The topological polar surface area (TPSA) is 85.4 Å². The predicted molar refractivity (Wildman–Crippen MR) is 176 cm³/mol. The monoisotopic (exact) mass is 656 g/mol. The fourth-order valence-electron chi connectivity index (χ4n) is 5.56. The molecule has 3 aromatic carbocycles. The summed E-state index contributed by atoms with van der Waals surface area (Å²) < 4.78 is 61.8. The first-order valence-electron chi connectivity index (χ1n) is 15.0. The van der Waals surface area contributed by atoms with Crippen molar-refractivity contribution in [3.63, 3.8) is 0 Å². The highest BCUT2D eigenvalue weighted by atomic mass is 32.2. The van der Waals surface area contributed by atoms with Gasteiger partial charge in [-0.2, -0.15) is 8.70 Å². The third-order valence-corrected chi connectivity index (χ3v) is 10.8. The van der Waals surface area contributed by atoms with Gasteiger partial charge in [-0.15, -0.1) is 11.8 Å². The van der Waals surface area contributed by atoms with Crippen molar-refractivity contribution in [3.05, 3.63) is 84.4 Å². The van der Waals surface area contributed by atoms with Crippen LogP contribution in [0, 0.1) is 0 Å². The van der Waals surface area contributed by atoms with E-state index >= 15 is 0 Å². The van der Waals surface area contributed by atoms with E-state index in [1.165, 1.54) is 17.8 Å². The number of para-hydroxylation sites is 1. The summed E-state index contributed by atoms with van der Waals surface area (Å²) >= 11 is 1.33. The van der Waals surface area contributed by atoms with E-state index < -0.39 is 27.4 Å². The van der Waals surface area contributed by atoms with Gasteiger partial charge in [0.1, 0.15) is 22.7 Å². The molecule has 0 saturated heterocycles. The van der Waals surface area contributed by atoms with Crippen LogP contribution in [-0.4, -0.2) is 50.7 Å². The molecule has 0 aliphatic carbocycles. The Hall–Kier alpha value is -3.54. The molecule has 1 heterocycles. The Labute approximate surface area is 270 Å². The highest BCUT2D eigenvalue weighted by Gasteiger charge is 2.48. The molecular formula is C34H41FN2O6S2. The van der Waals surface area contributed by atoms with Crippen LogP contribution in [0.2, 0.25) is 0 Å². The van der Waals surface area contributed by atoms with Crippen molar-refractivity contribution in [1.29, 1.82) is 0 Å². The van der Waals surface area contributed by atoms with Crippen molar-refractivity contribution >= 4 is 39.1 Å². The van der Waals surface area contributed by atoms with Crippen molar-refractivity contribution in [2.75, 3.05) is 31.4 Å². The number of benzene rings is 3. The summed E-state index contributed by atoms with van der Waals surface area (Å²) in [5.74, 6) is -1.59. The number of hydrogen-bond donors (Lipinski definition) is 0. The lowest BCUT2D eigenvalue weighted by Crippen LogP contribution is -2.54. The molecule has 0 saturated carbocycles. The number of unbranched alkanes of at least 4 members (excludes halogenated alkanes) is 1. The number of ether oxygens (including phenoxy) is 3. The highest BCUT2D eigenvalue weighted by molar-refractivity contribution is 7.98. The Bertz CT molecular complexity index is 1600. The minimum Gasteiger partial charge on any atom is -0.497 e. The zero-order chi connectivity index (χ0) is 32.6. The molecular weight excluding hydrogens is 616 g/mol. The van der Waals surface area contributed by atoms with Gasteiger partial charge in [0.25, 0.3) is 0 Å². The second kappa shape index (κ2) is 15.2. The number of sulfonamides is 1. The summed E-state index contributed by atoms with van der Waals surface area (Å²) in [5, 5.41) is 0. The Morgan fingerprint density at radius 3 is 2.38 bits per heavy atom. The zero-order valence-electron chi connectivity index (χ0n) is 26.4. The van der Waals surface area contributed by atoms with Gasteiger partial charge in [0.15, 0.2) is 0 Å². The van der Waals surface area contributed by atoms with Gasteiger partial charge in [-0.25, -0.2) is 13.2 Å². The lowest BCUT2D eigenvalue weighted by Gasteiger charge is -2.43. The molecule has 4 rings (SSSR count). The molecule has 8 nitrogen and oxygen atoms in total. The van der Waals surface area contributed by atoms with Crippen LogP contribution in [0.5, 0.6) is 11.5 Å². The van der Waals surface area contributed by atoms with Crippen LogP contribution < -0.4 is 14.4 Å². The molecule has 0 N–H and O–H groups in total. The first-order chi connectivity index (χ1) is 21.6. The quantitative estimate of drug-likeness (QED) is 0.0796. The van der Waals surface area contributed by atoms with Gasteiger partial charge < -0.3 is 19.1 Å². The third kappa shape index (κ3) is 7.48. The van der Waals surface area contributed by atoms with Crippen LogP contribution in [0.1, 0.15) is 52.0 Å². The molecule has 0 amide bonds. The first kappa shape index (κ1) is 34.3. The summed E-state index contributed by atoms with van der Waals surface area (Å²) in [5.41, 5.74) is 1.41.